The second-order valence-corrected chi connectivity index (χ2v) is 6.76. The number of aliphatic hydroxyl groups excluding tert-OH is 1. The number of nitrogens with zero attached hydrogens (tertiary/aromatic N) is 1. The van der Waals surface area contributed by atoms with Crippen LogP contribution in [0.5, 0.6) is 0 Å². The summed E-state index contributed by atoms with van der Waals surface area (Å²) in [6, 6.07) is 8.87. The van der Waals surface area contributed by atoms with Crippen molar-refractivity contribution in [3.63, 3.8) is 0 Å². The molecule has 0 radical (unpaired) electrons. The topological polar surface area (TPSA) is 69.6 Å². The van der Waals surface area contributed by atoms with E-state index in [1.54, 1.807) is 40.5 Å². The summed E-state index contributed by atoms with van der Waals surface area (Å²) < 4.78 is 0. The predicted octanol–water partition coefficient (Wildman–Crippen LogP) is 2.53. The van der Waals surface area contributed by atoms with E-state index in [-0.39, 0.29) is 11.8 Å². The molecule has 1 fully saturated rings. The van der Waals surface area contributed by atoms with Crippen LogP contribution in [0.4, 0.5) is 5.69 Å². The molecule has 0 saturated carbocycles. The van der Waals surface area contributed by atoms with Gasteiger partial charge < -0.3 is 15.3 Å². The van der Waals surface area contributed by atoms with Crippen molar-refractivity contribution in [2.75, 3.05) is 18.4 Å². The van der Waals surface area contributed by atoms with E-state index in [4.69, 9.17) is 0 Å². The van der Waals surface area contributed by atoms with Crippen molar-refractivity contribution in [2.45, 2.75) is 25.4 Å². The van der Waals surface area contributed by atoms with Gasteiger partial charge in [0.2, 0.25) is 5.91 Å². The lowest BCUT2D eigenvalue weighted by molar-refractivity contribution is -0.115. The number of carbonyl (C=O) groups excluding carboxylic acids is 2. The van der Waals surface area contributed by atoms with Crippen LogP contribution < -0.4 is 5.32 Å². The summed E-state index contributed by atoms with van der Waals surface area (Å²) in [5.74, 6) is -0.214. The van der Waals surface area contributed by atoms with Gasteiger partial charge in [-0.05, 0) is 53.4 Å². The number of likely N-dealkylation sites (tertiary alicyclic amines) is 1. The largest absolute Gasteiger partial charge is 0.391 e. The quantitative estimate of drug-likeness (QED) is 0.895. The van der Waals surface area contributed by atoms with Gasteiger partial charge in [0.05, 0.1) is 12.5 Å². The van der Waals surface area contributed by atoms with Crippen molar-refractivity contribution in [1.82, 2.24) is 4.90 Å². The van der Waals surface area contributed by atoms with Gasteiger partial charge in [0.15, 0.2) is 0 Å². The van der Waals surface area contributed by atoms with Crippen LogP contribution in [-0.2, 0) is 11.2 Å². The summed E-state index contributed by atoms with van der Waals surface area (Å²) in [5.41, 5.74) is 2.11. The minimum atomic E-state index is -0.448. The normalized spacial score (nSPS) is 17.5. The van der Waals surface area contributed by atoms with Crippen molar-refractivity contribution >= 4 is 28.8 Å². The number of β-amino-alcohol motifs (C(OH)–C–C–N with tert-alkyl or cyclic N) is 1. The number of rotatable bonds is 4. The number of thiophene rings is 1. The molecule has 5 nitrogen and oxygen atoms in total. The Kier molecular flexibility index (Phi) is 5.27. The fraction of sp³-hybridized carbons (Fsp3) is 0.333. The number of anilines is 1. The van der Waals surface area contributed by atoms with Crippen molar-refractivity contribution in [3.05, 3.63) is 52.2 Å². The van der Waals surface area contributed by atoms with Crippen molar-refractivity contribution in [1.29, 1.82) is 0 Å². The SMILES string of the molecule is O=C(Cc1ccsc1)Nc1cccc(C(=O)N2CCC[C@@H](O)C2)c1. The second-order valence-electron chi connectivity index (χ2n) is 5.98. The number of aliphatic hydroxyl groups is 1. The van der Waals surface area contributed by atoms with E-state index in [1.165, 1.54) is 0 Å². The van der Waals surface area contributed by atoms with E-state index in [0.29, 0.717) is 30.8 Å². The molecule has 0 unspecified atom stereocenters. The summed E-state index contributed by atoms with van der Waals surface area (Å²) in [6.45, 7) is 1.03. The van der Waals surface area contributed by atoms with Gasteiger partial charge in [-0.15, -0.1) is 0 Å². The molecule has 2 aromatic rings. The molecule has 0 aliphatic carbocycles. The fourth-order valence-corrected chi connectivity index (χ4v) is 3.50. The highest BCUT2D eigenvalue weighted by Crippen LogP contribution is 2.17. The maximum Gasteiger partial charge on any atom is 0.254 e. The molecule has 24 heavy (non-hydrogen) atoms. The van der Waals surface area contributed by atoms with Crippen LogP contribution in [0.25, 0.3) is 0 Å². The highest BCUT2D eigenvalue weighted by molar-refractivity contribution is 7.08. The lowest BCUT2D eigenvalue weighted by Gasteiger charge is -2.30. The van der Waals surface area contributed by atoms with E-state index in [9.17, 15) is 14.7 Å². The van der Waals surface area contributed by atoms with E-state index in [0.717, 1.165) is 18.4 Å². The van der Waals surface area contributed by atoms with E-state index < -0.39 is 6.10 Å². The number of benzene rings is 1. The van der Waals surface area contributed by atoms with Crippen LogP contribution in [0.2, 0.25) is 0 Å². The molecule has 2 N–H and O–H groups in total. The summed E-state index contributed by atoms with van der Waals surface area (Å²) in [6.07, 6.45) is 1.42. The van der Waals surface area contributed by atoms with Crippen LogP contribution in [0, 0.1) is 0 Å². The van der Waals surface area contributed by atoms with Crippen LogP contribution in [-0.4, -0.2) is 41.0 Å². The van der Waals surface area contributed by atoms with Gasteiger partial charge in [-0.25, -0.2) is 0 Å². The molecule has 0 bridgehead atoms. The third-order valence-corrected chi connectivity index (χ3v) is 4.75. The molecule has 1 aliphatic rings. The number of amides is 2. The summed E-state index contributed by atoms with van der Waals surface area (Å²) in [4.78, 5) is 26.3. The third-order valence-electron chi connectivity index (χ3n) is 4.02. The maximum atomic E-state index is 12.5. The highest BCUT2D eigenvalue weighted by Gasteiger charge is 2.23. The first-order valence-corrected chi connectivity index (χ1v) is 8.94. The van der Waals surface area contributed by atoms with Gasteiger partial charge in [0.25, 0.3) is 5.91 Å². The van der Waals surface area contributed by atoms with Gasteiger partial charge in [0.1, 0.15) is 0 Å². The van der Waals surface area contributed by atoms with Gasteiger partial charge in [-0.1, -0.05) is 6.07 Å². The third kappa shape index (κ3) is 4.21. The lowest BCUT2D eigenvalue weighted by atomic mass is 10.1. The van der Waals surface area contributed by atoms with Gasteiger partial charge in [-0.3, -0.25) is 9.59 Å². The zero-order chi connectivity index (χ0) is 16.9. The number of piperidine rings is 1. The standard InChI is InChI=1S/C18H20N2O3S/c21-16-5-2-7-20(11-16)18(23)14-3-1-4-15(10-14)19-17(22)9-13-6-8-24-12-13/h1,3-4,6,8,10,12,16,21H,2,5,7,9,11H2,(H,19,22)/t16-/m1/s1. The maximum absolute atomic E-state index is 12.5. The number of nitrogens with one attached hydrogen (secondary N) is 1. The Hall–Kier alpha value is -2.18. The van der Waals surface area contributed by atoms with Gasteiger partial charge >= 0.3 is 0 Å². The summed E-state index contributed by atoms with van der Waals surface area (Å²) >= 11 is 1.56. The Bertz CT molecular complexity index is 715. The molecule has 3 rings (SSSR count). The minimum absolute atomic E-state index is 0.105. The molecule has 1 saturated heterocycles. The molecule has 2 heterocycles. The fourth-order valence-electron chi connectivity index (χ4n) is 2.84. The molecule has 0 spiro atoms. The van der Waals surface area contributed by atoms with Gasteiger partial charge in [0, 0.05) is 24.3 Å². The average molecular weight is 344 g/mol. The molecule has 2 amide bonds. The molecular weight excluding hydrogens is 324 g/mol. The number of hydrogen-bond donors (Lipinski definition) is 2. The Morgan fingerprint density at radius 3 is 2.96 bits per heavy atom. The molecular formula is C18H20N2O3S. The number of carbonyl (C=O) groups is 2. The minimum Gasteiger partial charge on any atom is -0.391 e. The first kappa shape index (κ1) is 16.7. The highest BCUT2D eigenvalue weighted by atomic mass is 32.1. The first-order chi connectivity index (χ1) is 11.6. The summed E-state index contributed by atoms with van der Waals surface area (Å²) in [5, 5.41) is 16.4. The molecule has 1 aromatic carbocycles. The van der Waals surface area contributed by atoms with Crippen LogP contribution in [0.3, 0.4) is 0 Å². The van der Waals surface area contributed by atoms with Gasteiger partial charge in [-0.2, -0.15) is 11.3 Å². The molecule has 126 valence electrons. The van der Waals surface area contributed by atoms with Crippen LogP contribution >= 0.6 is 11.3 Å². The predicted molar refractivity (Wildman–Crippen MR) is 94.2 cm³/mol. The molecule has 1 aromatic heterocycles. The number of hydrogen-bond acceptors (Lipinski definition) is 4. The Labute approximate surface area is 144 Å². The van der Waals surface area contributed by atoms with E-state index >= 15 is 0 Å². The molecule has 6 heteroatoms. The molecule has 1 atom stereocenters. The summed E-state index contributed by atoms with van der Waals surface area (Å²) in [7, 11) is 0. The zero-order valence-electron chi connectivity index (χ0n) is 13.3. The van der Waals surface area contributed by atoms with Crippen molar-refractivity contribution < 1.29 is 14.7 Å². The Morgan fingerprint density at radius 1 is 1.33 bits per heavy atom. The van der Waals surface area contributed by atoms with E-state index in [1.807, 2.05) is 16.8 Å². The Balaban J connectivity index is 1.65. The van der Waals surface area contributed by atoms with Crippen LogP contribution in [0.1, 0.15) is 28.8 Å². The average Bonchev–Trinajstić information content (AvgIpc) is 3.07. The smallest absolute Gasteiger partial charge is 0.254 e. The first-order valence-electron chi connectivity index (χ1n) is 8.00. The van der Waals surface area contributed by atoms with E-state index in [2.05, 4.69) is 5.32 Å². The monoisotopic (exact) mass is 344 g/mol. The molecule has 1 aliphatic heterocycles. The van der Waals surface area contributed by atoms with Crippen LogP contribution in [0.15, 0.2) is 41.1 Å². The lowest BCUT2D eigenvalue weighted by Crippen LogP contribution is -2.42. The Morgan fingerprint density at radius 2 is 2.21 bits per heavy atom. The van der Waals surface area contributed by atoms with Crippen molar-refractivity contribution in [3.8, 4) is 0 Å². The second kappa shape index (κ2) is 7.59. The van der Waals surface area contributed by atoms with Crippen molar-refractivity contribution in [2.24, 2.45) is 0 Å². The zero-order valence-corrected chi connectivity index (χ0v) is 14.1.